The molecule has 19 heavy (non-hydrogen) atoms. The molecule has 0 aliphatic carbocycles. The van der Waals surface area contributed by atoms with Gasteiger partial charge in [0.2, 0.25) is 10.0 Å². The average Bonchev–Trinajstić information content (AvgIpc) is 2.88. The summed E-state index contributed by atoms with van der Waals surface area (Å²) < 4.78 is 26.7. The van der Waals surface area contributed by atoms with Gasteiger partial charge in [-0.2, -0.15) is 11.8 Å². The summed E-state index contributed by atoms with van der Waals surface area (Å²) in [5.74, 6) is 1.27. The van der Waals surface area contributed by atoms with Gasteiger partial charge in [-0.05, 0) is 41.7 Å². The normalized spacial score (nSPS) is 17.5. The van der Waals surface area contributed by atoms with Gasteiger partial charge in [0.05, 0.1) is 0 Å². The van der Waals surface area contributed by atoms with E-state index in [1.54, 1.807) is 0 Å². The van der Waals surface area contributed by atoms with E-state index in [0.717, 1.165) is 35.7 Å². The van der Waals surface area contributed by atoms with E-state index in [9.17, 15) is 13.2 Å². The third-order valence-electron chi connectivity index (χ3n) is 3.02. The molecule has 8 heteroatoms. The van der Waals surface area contributed by atoms with E-state index in [-0.39, 0.29) is 9.77 Å². The van der Waals surface area contributed by atoms with Crippen LogP contribution >= 0.6 is 23.1 Å². The molecule has 0 aromatic carbocycles. The maximum atomic E-state index is 12.1. The van der Waals surface area contributed by atoms with Gasteiger partial charge in [-0.15, -0.1) is 11.3 Å². The van der Waals surface area contributed by atoms with Gasteiger partial charge < -0.3 is 5.11 Å². The van der Waals surface area contributed by atoms with Crippen molar-refractivity contribution < 1.29 is 18.3 Å². The van der Waals surface area contributed by atoms with E-state index in [1.807, 2.05) is 11.8 Å². The number of hydrogen-bond acceptors (Lipinski definition) is 5. The Morgan fingerprint density at radius 1 is 1.42 bits per heavy atom. The van der Waals surface area contributed by atoms with Crippen molar-refractivity contribution >= 4 is 39.1 Å². The molecule has 0 spiro atoms. The monoisotopic (exact) mass is 321 g/mol. The summed E-state index contributed by atoms with van der Waals surface area (Å²) in [4.78, 5) is 10.7. The van der Waals surface area contributed by atoms with Crippen molar-refractivity contribution in [3.63, 3.8) is 0 Å². The third-order valence-corrected chi connectivity index (χ3v) is 6.56. The van der Waals surface area contributed by atoms with Gasteiger partial charge in [-0.1, -0.05) is 0 Å². The van der Waals surface area contributed by atoms with Crippen molar-refractivity contribution in [2.24, 2.45) is 5.92 Å². The van der Waals surface area contributed by atoms with Crippen LogP contribution < -0.4 is 4.72 Å². The van der Waals surface area contributed by atoms with Crippen LogP contribution in [0.3, 0.4) is 0 Å². The largest absolute Gasteiger partial charge is 0.477 e. The Kier molecular flexibility index (Phi) is 4.88. The van der Waals surface area contributed by atoms with E-state index in [0.29, 0.717) is 12.5 Å². The minimum Gasteiger partial charge on any atom is -0.477 e. The lowest BCUT2D eigenvalue weighted by Gasteiger charge is -2.21. The zero-order valence-electron chi connectivity index (χ0n) is 10.2. The Morgan fingerprint density at radius 3 is 2.74 bits per heavy atom. The van der Waals surface area contributed by atoms with Gasteiger partial charge in [0.1, 0.15) is 9.77 Å². The lowest BCUT2D eigenvalue weighted by atomic mass is 10.0. The van der Waals surface area contributed by atoms with Gasteiger partial charge in [-0.3, -0.25) is 0 Å². The molecule has 0 bridgehead atoms. The first-order valence-corrected chi connectivity index (χ1v) is 9.40. The molecule has 0 radical (unpaired) electrons. The molecule has 1 aliphatic heterocycles. The topological polar surface area (TPSA) is 83.5 Å². The number of carbonyl (C=O) groups is 1. The van der Waals surface area contributed by atoms with E-state index >= 15 is 0 Å². The van der Waals surface area contributed by atoms with Gasteiger partial charge in [-0.25, -0.2) is 17.9 Å². The van der Waals surface area contributed by atoms with Crippen LogP contribution in [-0.2, 0) is 10.0 Å². The quantitative estimate of drug-likeness (QED) is 0.865. The highest BCUT2D eigenvalue weighted by Gasteiger charge is 2.25. The maximum absolute atomic E-state index is 12.1. The van der Waals surface area contributed by atoms with Gasteiger partial charge >= 0.3 is 5.97 Å². The number of thioether (sulfide) groups is 1. The smallest absolute Gasteiger partial charge is 0.347 e. The van der Waals surface area contributed by atoms with Crippen molar-refractivity contribution in [1.82, 2.24) is 4.72 Å². The number of sulfonamides is 1. The minimum absolute atomic E-state index is 0.129. The van der Waals surface area contributed by atoms with Crippen molar-refractivity contribution in [2.45, 2.75) is 17.7 Å². The number of rotatable bonds is 5. The van der Waals surface area contributed by atoms with Gasteiger partial charge in [0, 0.05) is 6.54 Å². The first-order valence-electron chi connectivity index (χ1n) is 5.89. The van der Waals surface area contributed by atoms with E-state index in [4.69, 9.17) is 5.11 Å². The Morgan fingerprint density at radius 2 is 2.11 bits per heavy atom. The molecule has 0 atom stereocenters. The highest BCUT2D eigenvalue weighted by atomic mass is 32.2. The van der Waals surface area contributed by atoms with E-state index < -0.39 is 16.0 Å². The fourth-order valence-electron chi connectivity index (χ4n) is 1.92. The van der Waals surface area contributed by atoms with E-state index in [2.05, 4.69) is 4.72 Å². The molecule has 1 fully saturated rings. The summed E-state index contributed by atoms with van der Waals surface area (Å²) in [6.07, 6.45) is 2.01. The SMILES string of the molecule is O=C(O)c1sccc1S(=O)(=O)NCC1CCSCC1. The number of aromatic carboxylic acids is 1. The highest BCUT2D eigenvalue weighted by molar-refractivity contribution is 7.99. The number of thiophene rings is 1. The van der Waals surface area contributed by atoms with Crippen LogP contribution in [0.25, 0.3) is 0 Å². The standard InChI is InChI=1S/C11H15NO4S3/c13-11(14)10-9(3-6-18-10)19(15,16)12-7-8-1-4-17-5-2-8/h3,6,8,12H,1-2,4-5,7H2,(H,13,14). The Hall–Kier alpha value is -0.570. The summed E-state index contributed by atoms with van der Waals surface area (Å²) in [6.45, 7) is 0.387. The molecule has 1 aromatic rings. The third kappa shape index (κ3) is 3.71. The van der Waals surface area contributed by atoms with E-state index in [1.165, 1.54) is 11.4 Å². The van der Waals surface area contributed by atoms with Crippen LogP contribution in [0.2, 0.25) is 0 Å². The molecule has 2 N–H and O–H groups in total. The molecular weight excluding hydrogens is 306 g/mol. The number of carboxylic acids is 1. The second-order valence-corrected chi connectivity index (χ2v) is 8.20. The Balaban J connectivity index is 2.05. The lowest BCUT2D eigenvalue weighted by Crippen LogP contribution is -2.31. The van der Waals surface area contributed by atoms with Crippen molar-refractivity contribution in [3.05, 3.63) is 16.3 Å². The van der Waals surface area contributed by atoms with Crippen molar-refractivity contribution in [1.29, 1.82) is 0 Å². The predicted molar refractivity (Wildman–Crippen MR) is 76.5 cm³/mol. The summed E-state index contributed by atoms with van der Waals surface area (Å²) in [7, 11) is -3.72. The van der Waals surface area contributed by atoms with Crippen LogP contribution in [0, 0.1) is 5.92 Å². The maximum Gasteiger partial charge on any atom is 0.347 e. The lowest BCUT2D eigenvalue weighted by molar-refractivity contribution is 0.0698. The molecular formula is C11H15NO4S3. The summed E-state index contributed by atoms with van der Waals surface area (Å²) >= 11 is 2.81. The second-order valence-electron chi connectivity index (χ2n) is 4.33. The number of nitrogens with one attached hydrogen (secondary N) is 1. The zero-order valence-corrected chi connectivity index (χ0v) is 12.6. The van der Waals surface area contributed by atoms with Crippen LogP contribution in [0.15, 0.2) is 16.3 Å². The van der Waals surface area contributed by atoms with Crippen LogP contribution in [0.4, 0.5) is 0 Å². The number of hydrogen-bond donors (Lipinski definition) is 2. The summed E-state index contributed by atoms with van der Waals surface area (Å²) in [5.41, 5.74) is 0. The molecule has 1 aromatic heterocycles. The number of carboxylic acid groups (broad SMARTS) is 1. The molecule has 2 rings (SSSR count). The first-order chi connectivity index (χ1) is 9.00. The van der Waals surface area contributed by atoms with Gasteiger partial charge in [0.15, 0.2) is 0 Å². The fourth-order valence-corrected chi connectivity index (χ4v) is 5.50. The van der Waals surface area contributed by atoms with Gasteiger partial charge in [0.25, 0.3) is 0 Å². The average molecular weight is 321 g/mol. The Labute approximate surface area is 120 Å². The summed E-state index contributed by atoms with van der Waals surface area (Å²) in [6, 6.07) is 1.34. The minimum atomic E-state index is -3.72. The molecule has 0 unspecified atom stereocenters. The molecule has 106 valence electrons. The molecule has 0 amide bonds. The van der Waals surface area contributed by atoms with Crippen LogP contribution in [0.1, 0.15) is 22.5 Å². The van der Waals surface area contributed by atoms with Crippen molar-refractivity contribution in [3.8, 4) is 0 Å². The molecule has 1 saturated heterocycles. The molecule has 0 saturated carbocycles. The summed E-state index contributed by atoms with van der Waals surface area (Å²) in [5, 5.41) is 10.4. The molecule has 1 aliphatic rings. The van der Waals surface area contributed by atoms with Crippen LogP contribution in [-0.4, -0.2) is 37.5 Å². The first kappa shape index (κ1) is 14.8. The highest BCUT2D eigenvalue weighted by Crippen LogP contribution is 2.24. The molecule has 5 nitrogen and oxygen atoms in total. The fraction of sp³-hybridized carbons (Fsp3) is 0.545. The Bertz CT molecular complexity index is 546. The second kappa shape index (κ2) is 6.25. The molecule has 2 heterocycles. The van der Waals surface area contributed by atoms with Crippen molar-refractivity contribution in [2.75, 3.05) is 18.1 Å². The predicted octanol–water partition coefficient (Wildman–Crippen LogP) is 1.87. The van der Waals surface area contributed by atoms with Crippen LogP contribution in [0.5, 0.6) is 0 Å². The zero-order chi connectivity index (χ0) is 13.9.